The molecular weight excluding hydrogens is 232 g/mol. The Bertz CT molecular complexity index is 561. The van der Waals surface area contributed by atoms with Gasteiger partial charge < -0.3 is 10.6 Å². The fraction of sp³-hybridized carbons (Fsp3) is 0.294. The second-order valence-electron chi connectivity index (χ2n) is 5.11. The molecule has 2 heteroatoms. The number of benzene rings is 2. The van der Waals surface area contributed by atoms with E-state index in [-0.39, 0.29) is 0 Å². The number of para-hydroxylation sites is 1. The van der Waals surface area contributed by atoms with Gasteiger partial charge in [-0.3, -0.25) is 0 Å². The Hall–Kier alpha value is -1.80. The Morgan fingerprint density at radius 1 is 1.00 bits per heavy atom. The van der Waals surface area contributed by atoms with Crippen LogP contribution < -0.4 is 10.6 Å². The van der Waals surface area contributed by atoms with Crippen LogP contribution in [0.25, 0.3) is 0 Å². The average Bonchev–Trinajstić information content (AvgIpc) is 2.41. The lowest BCUT2D eigenvalue weighted by Gasteiger charge is -2.22. The fourth-order valence-corrected chi connectivity index (χ4v) is 2.39. The molecule has 0 spiro atoms. The smallest absolute Gasteiger partial charge is 0.0428 e. The molecule has 0 saturated heterocycles. The van der Waals surface area contributed by atoms with Crippen LogP contribution in [-0.2, 0) is 13.1 Å². The number of hydrogen-bond donors (Lipinski definition) is 1. The average molecular weight is 254 g/mol. The van der Waals surface area contributed by atoms with Crippen LogP contribution in [0.1, 0.15) is 22.3 Å². The number of rotatable bonds is 4. The summed E-state index contributed by atoms with van der Waals surface area (Å²) in [7, 11) is 2.14. The lowest BCUT2D eigenvalue weighted by atomic mass is 10.0. The molecule has 2 nitrogen and oxygen atoms in total. The van der Waals surface area contributed by atoms with Crippen molar-refractivity contribution in [2.45, 2.75) is 26.9 Å². The summed E-state index contributed by atoms with van der Waals surface area (Å²) in [4.78, 5) is 2.29. The molecule has 0 aliphatic heterocycles. The second-order valence-corrected chi connectivity index (χ2v) is 5.11. The van der Waals surface area contributed by atoms with Crippen LogP contribution in [0.5, 0.6) is 0 Å². The highest BCUT2D eigenvalue weighted by molar-refractivity contribution is 5.53. The maximum atomic E-state index is 5.67. The van der Waals surface area contributed by atoms with E-state index in [2.05, 4.69) is 68.3 Å². The summed E-state index contributed by atoms with van der Waals surface area (Å²) in [5.41, 5.74) is 12.1. The summed E-state index contributed by atoms with van der Waals surface area (Å²) < 4.78 is 0. The summed E-state index contributed by atoms with van der Waals surface area (Å²) >= 11 is 0. The van der Waals surface area contributed by atoms with Gasteiger partial charge in [-0.15, -0.1) is 0 Å². The molecule has 2 rings (SSSR count). The first-order valence-corrected chi connectivity index (χ1v) is 6.67. The van der Waals surface area contributed by atoms with Crippen molar-refractivity contribution in [2.75, 3.05) is 11.9 Å². The monoisotopic (exact) mass is 254 g/mol. The van der Waals surface area contributed by atoms with Crippen LogP contribution in [0.2, 0.25) is 0 Å². The van der Waals surface area contributed by atoms with Gasteiger partial charge in [-0.1, -0.05) is 36.4 Å². The van der Waals surface area contributed by atoms with Crippen molar-refractivity contribution in [3.63, 3.8) is 0 Å². The quantitative estimate of drug-likeness (QED) is 0.906. The molecule has 2 aromatic carbocycles. The van der Waals surface area contributed by atoms with Crippen LogP contribution in [0.4, 0.5) is 5.69 Å². The van der Waals surface area contributed by atoms with Gasteiger partial charge in [0.2, 0.25) is 0 Å². The molecule has 100 valence electrons. The zero-order valence-corrected chi connectivity index (χ0v) is 12.0. The summed E-state index contributed by atoms with van der Waals surface area (Å²) in [6.45, 7) is 5.83. The van der Waals surface area contributed by atoms with Gasteiger partial charge in [0.15, 0.2) is 0 Å². The van der Waals surface area contributed by atoms with Crippen LogP contribution in [0, 0.1) is 13.8 Å². The minimum Gasteiger partial charge on any atom is -0.370 e. The van der Waals surface area contributed by atoms with Crippen molar-refractivity contribution < 1.29 is 0 Å². The third kappa shape index (κ3) is 3.15. The molecule has 0 amide bonds. The molecule has 0 fully saturated rings. The van der Waals surface area contributed by atoms with Gasteiger partial charge in [0, 0.05) is 25.8 Å². The molecule has 0 unspecified atom stereocenters. The SMILES string of the molecule is Cc1cc(CN)ccc1CN(C)c1ccccc1C. The van der Waals surface area contributed by atoms with E-state index in [0.717, 1.165) is 6.54 Å². The zero-order valence-electron chi connectivity index (χ0n) is 12.0. The van der Waals surface area contributed by atoms with Crippen molar-refractivity contribution in [2.24, 2.45) is 5.73 Å². The van der Waals surface area contributed by atoms with Crippen molar-refractivity contribution in [3.05, 3.63) is 64.7 Å². The zero-order chi connectivity index (χ0) is 13.8. The van der Waals surface area contributed by atoms with E-state index in [1.165, 1.54) is 27.9 Å². The Labute approximate surface area is 115 Å². The van der Waals surface area contributed by atoms with E-state index in [0.29, 0.717) is 6.54 Å². The standard InChI is InChI=1S/C17H22N2/c1-13-6-4-5-7-17(13)19(3)12-16-9-8-15(11-18)10-14(16)2/h4-10H,11-12,18H2,1-3H3. The molecule has 0 aromatic heterocycles. The largest absolute Gasteiger partial charge is 0.370 e. The van der Waals surface area contributed by atoms with Gasteiger partial charge in [0.05, 0.1) is 0 Å². The Morgan fingerprint density at radius 3 is 2.37 bits per heavy atom. The number of nitrogens with two attached hydrogens (primary N) is 1. The van der Waals surface area contributed by atoms with Crippen molar-refractivity contribution in [1.29, 1.82) is 0 Å². The first-order chi connectivity index (χ1) is 9.11. The molecule has 2 N–H and O–H groups in total. The number of anilines is 1. The van der Waals surface area contributed by atoms with Gasteiger partial charge in [-0.25, -0.2) is 0 Å². The summed E-state index contributed by atoms with van der Waals surface area (Å²) in [6.07, 6.45) is 0. The number of nitrogens with zero attached hydrogens (tertiary/aromatic N) is 1. The van der Waals surface area contributed by atoms with Gasteiger partial charge in [0.1, 0.15) is 0 Å². The molecule has 0 aliphatic carbocycles. The number of aryl methyl sites for hydroxylation is 2. The predicted octanol–water partition coefficient (Wildman–Crippen LogP) is 3.40. The molecule has 0 radical (unpaired) electrons. The first kappa shape index (κ1) is 13.6. The highest BCUT2D eigenvalue weighted by Crippen LogP contribution is 2.21. The second kappa shape index (κ2) is 5.89. The van der Waals surface area contributed by atoms with E-state index in [1.54, 1.807) is 0 Å². The van der Waals surface area contributed by atoms with E-state index >= 15 is 0 Å². The first-order valence-electron chi connectivity index (χ1n) is 6.67. The summed E-state index contributed by atoms with van der Waals surface area (Å²) in [5, 5.41) is 0. The lowest BCUT2D eigenvalue weighted by molar-refractivity contribution is 0.905. The highest BCUT2D eigenvalue weighted by Gasteiger charge is 2.06. The number of hydrogen-bond acceptors (Lipinski definition) is 2. The minimum atomic E-state index is 0.606. The molecule has 19 heavy (non-hydrogen) atoms. The van der Waals surface area contributed by atoms with Crippen molar-refractivity contribution in [3.8, 4) is 0 Å². The minimum absolute atomic E-state index is 0.606. The molecular formula is C17H22N2. The highest BCUT2D eigenvalue weighted by atomic mass is 15.1. The predicted molar refractivity (Wildman–Crippen MR) is 82.4 cm³/mol. The molecule has 0 bridgehead atoms. The topological polar surface area (TPSA) is 29.3 Å². The van der Waals surface area contributed by atoms with E-state index in [4.69, 9.17) is 5.73 Å². The molecule has 0 atom stereocenters. The van der Waals surface area contributed by atoms with Crippen molar-refractivity contribution in [1.82, 2.24) is 0 Å². The van der Waals surface area contributed by atoms with E-state index in [1.807, 2.05) is 0 Å². The van der Waals surface area contributed by atoms with Gasteiger partial charge in [-0.2, -0.15) is 0 Å². The molecule has 2 aromatic rings. The third-order valence-corrected chi connectivity index (χ3v) is 3.58. The normalized spacial score (nSPS) is 10.5. The Morgan fingerprint density at radius 2 is 1.74 bits per heavy atom. The van der Waals surface area contributed by atoms with Crippen LogP contribution in [0.15, 0.2) is 42.5 Å². The van der Waals surface area contributed by atoms with E-state index < -0.39 is 0 Å². The maximum Gasteiger partial charge on any atom is 0.0428 e. The van der Waals surface area contributed by atoms with Crippen LogP contribution in [0.3, 0.4) is 0 Å². The summed E-state index contributed by atoms with van der Waals surface area (Å²) in [5.74, 6) is 0. The van der Waals surface area contributed by atoms with Gasteiger partial charge in [0.25, 0.3) is 0 Å². The summed E-state index contributed by atoms with van der Waals surface area (Å²) in [6, 6.07) is 15.0. The Kier molecular flexibility index (Phi) is 4.23. The third-order valence-electron chi connectivity index (χ3n) is 3.58. The fourth-order valence-electron chi connectivity index (χ4n) is 2.39. The lowest BCUT2D eigenvalue weighted by Crippen LogP contribution is -2.18. The van der Waals surface area contributed by atoms with Crippen molar-refractivity contribution >= 4 is 5.69 Å². The molecule has 0 saturated carbocycles. The maximum absolute atomic E-state index is 5.67. The Balaban J connectivity index is 2.19. The van der Waals surface area contributed by atoms with Gasteiger partial charge in [-0.05, 0) is 42.2 Å². The van der Waals surface area contributed by atoms with Crippen LogP contribution >= 0.6 is 0 Å². The molecule has 0 heterocycles. The van der Waals surface area contributed by atoms with E-state index in [9.17, 15) is 0 Å². The molecule has 0 aliphatic rings. The van der Waals surface area contributed by atoms with Gasteiger partial charge >= 0.3 is 0 Å². The van der Waals surface area contributed by atoms with Crippen LogP contribution in [-0.4, -0.2) is 7.05 Å².